The fraction of sp³-hybridized carbons (Fsp3) is 0.192. The summed E-state index contributed by atoms with van der Waals surface area (Å²) in [6.07, 6.45) is 0.743. The Labute approximate surface area is 207 Å². The van der Waals surface area contributed by atoms with Gasteiger partial charge in [-0.05, 0) is 49.2 Å². The van der Waals surface area contributed by atoms with Crippen molar-refractivity contribution in [2.75, 3.05) is 12.4 Å². The van der Waals surface area contributed by atoms with Gasteiger partial charge in [-0.3, -0.25) is 9.36 Å². The van der Waals surface area contributed by atoms with Crippen molar-refractivity contribution in [2.24, 2.45) is 0 Å². The number of rotatable bonds is 5. The van der Waals surface area contributed by atoms with Crippen LogP contribution in [0.4, 0.5) is 10.5 Å². The van der Waals surface area contributed by atoms with Crippen molar-refractivity contribution in [1.29, 1.82) is 0 Å². The summed E-state index contributed by atoms with van der Waals surface area (Å²) >= 11 is 12.3. The molecule has 0 saturated carbocycles. The minimum absolute atomic E-state index is 0.181. The summed E-state index contributed by atoms with van der Waals surface area (Å²) < 4.78 is 1.61. The quantitative estimate of drug-likeness (QED) is 0.345. The van der Waals surface area contributed by atoms with E-state index in [4.69, 9.17) is 28.2 Å². The second-order valence-electron chi connectivity index (χ2n) is 7.93. The van der Waals surface area contributed by atoms with Crippen LogP contribution in [0.15, 0.2) is 71.5 Å². The molecule has 1 aromatic heterocycles. The first-order valence-electron chi connectivity index (χ1n) is 10.9. The first kappa shape index (κ1) is 23.8. The van der Waals surface area contributed by atoms with Crippen LogP contribution < -0.4 is 10.9 Å². The number of nitrogens with one attached hydrogen (secondary N) is 1. The average molecular weight is 495 g/mol. The van der Waals surface area contributed by atoms with Crippen molar-refractivity contribution in [2.45, 2.75) is 26.3 Å². The number of urea groups is 1. The number of halogens is 2. The Hall–Kier alpha value is -3.35. The molecule has 0 aliphatic rings. The molecule has 1 N–H and O–H groups in total. The maximum Gasteiger partial charge on any atom is 0.322 e. The predicted molar refractivity (Wildman–Crippen MR) is 138 cm³/mol. The molecule has 0 radical (unpaired) electrons. The lowest BCUT2D eigenvalue weighted by Gasteiger charge is -2.28. The van der Waals surface area contributed by atoms with Crippen molar-refractivity contribution in [3.05, 3.63) is 98.5 Å². The van der Waals surface area contributed by atoms with E-state index in [9.17, 15) is 9.59 Å². The standard InChI is InChI=1S/C26H24Cl2N4O2/c1-4-17-10-5-8-15-22(17)32-24(29-20-13-7-6-11-18(20)25(32)33)16(2)31(3)26(34)30-21-14-9-12-19(27)23(21)28/h5-16H,4H2,1-3H3,(H,30,34). The number of para-hydroxylation sites is 2. The smallest absolute Gasteiger partial charge is 0.318 e. The minimum Gasteiger partial charge on any atom is -0.318 e. The van der Waals surface area contributed by atoms with Crippen molar-refractivity contribution in [1.82, 2.24) is 14.5 Å². The number of hydrogen-bond acceptors (Lipinski definition) is 3. The summed E-state index contributed by atoms with van der Waals surface area (Å²) in [5.74, 6) is 0.458. The number of anilines is 1. The predicted octanol–water partition coefficient (Wildman–Crippen LogP) is 6.48. The molecule has 8 heteroatoms. The molecule has 1 heterocycles. The fourth-order valence-electron chi connectivity index (χ4n) is 3.84. The summed E-state index contributed by atoms with van der Waals surface area (Å²) in [7, 11) is 1.65. The zero-order chi connectivity index (χ0) is 24.4. The normalized spacial score (nSPS) is 11.9. The molecule has 0 bridgehead atoms. The summed E-state index contributed by atoms with van der Waals surface area (Å²) in [4.78, 5) is 33.1. The van der Waals surface area contributed by atoms with Gasteiger partial charge in [0.15, 0.2) is 0 Å². The van der Waals surface area contributed by atoms with Gasteiger partial charge in [-0.1, -0.05) is 66.5 Å². The molecule has 4 aromatic rings. The molecule has 34 heavy (non-hydrogen) atoms. The molecule has 2 amide bonds. The highest BCUT2D eigenvalue weighted by Gasteiger charge is 2.25. The van der Waals surface area contributed by atoms with E-state index < -0.39 is 12.1 Å². The number of amides is 2. The van der Waals surface area contributed by atoms with Crippen molar-refractivity contribution in [3.8, 4) is 5.69 Å². The van der Waals surface area contributed by atoms with Crippen molar-refractivity contribution in [3.63, 3.8) is 0 Å². The number of hydrogen-bond donors (Lipinski definition) is 1. The molecule has 0 fully saturated rings. The third-order valence-electron chi connectivity index (χ3n) is 5.88. The van der Waals surface area contributed by atoms with Crippen LogP contribution in [0.25, 0.3) is 16.6 Å². The highest BCUT2D eigenvalue weighted by molar-refractivity contribution is 6.43. The maximum atomic E-state index is 13.7. The van der Waals surface area contributed by atoms with Gasteiger partial charge in [0.25, 0.3) is 5.56 Å². The van der Waals surface area contributed by atoms with Gasteiger partial charge in [-0.2, -0.15) is 0 Å². The van der Waals surface area contributed by atoms with Gasteiger partial charge < -0.3 is 10.2 Å². The van der Waals surface area contributed by atoms with Gasteiger partial charge in [0.1, 0.15) is 5.82 Å². The third-order valence-corrected chi connectivity index (χ3v) is 6.70. The number of nitrogens with zero attached hydrogens (tertiary/aromatic N) is 3. The zero-order valence-electron chi connectivity index (χ0n) is 19.0. The molecule has 0 spiro atoms. The van der Waals surface area contributed by atoms with Gasteiger partial charge in [-0.15, -0.1) is 0 Å². The van der Waals surface area contributed by atoms with Crippen LogP contribution in [0.2, 0.25) is 10.0 Å². The van der Waals surface area contributed by atoms with Gasteiger partial charge >= 0.3 is 6.03 Å². The average Bonchev–Trinajstić information content (AvgIpc) is 2.85. The van der Waals surface area contributed by atoms with Crippen LogP contribution in [0.3, 0.4) is 0 Å². The van der Waals surface area contributed by atoms with E-state index in [1.54, 1.807) is 41.9 Å². The number of aromatic nitrogens is 2. The van der Waals surface area contributed by atoms with E-state index in [1.165, 1.54) is 4.90 Å². The van der Waals surface area contributed by atoms with Gasteiger partial charge in [0.05, 0.1) is 38.4 Å². The van der Waals surface area contributed by atoms with E-state index in [2.05, 4.69) is 5.32 Å². The summed E-state index contributed by atoms with van der Waals surface area (Å²) in [5, 5.41) is 3.91. The summed E-state index contributed by atoms with van der Waals surface area (Å²) in [6, 6.07) is 19.0. The number of carbonyl (C=O) groups is 1. The Balaban J connectivity index is 1.82. The first-order valence-corrected chi connectivity index (χ1v) is 11.7. The van der Waals surface area contributed by atoms with E-state index in [0.29, 0.717) is 27.4 Å². The molecular formula is C26H24Cl2N4O2. The zero-order valence-corrected chi connectivity index (χ0v) is 20.6. The number of fused-ring (bicyclic) bond motifs is 1. The Morgan fingerprint density at radius 3 is 2.53 bits per heavy atom. The second-order valence-corrected chi connectivity index (χ2v) is 8.71. The third kappa shape index (κ3) is 4.39. The molecule has 1 unspecified atom stereocenters. The molecular weight excluding hydrogens is 471 g/mol. The van der Waals surface area contributed by atoms with Crippen LogP contribution >= 0.6 is 23.2 Å². The topological polar surface area (TPSA) is 67.2 Å². The van der Waals surface area contributed by atoms with Crippen LogP contribution in [0.5, 0.6) is 0 Å². The Morgan fingerprint density at radius 1 is 1.06 bits per heavy atom. The number of benzene rings is 3. The highest BCUT2D eigenvalue weighted by Crippen LogP contribution is 2.30. The minimum atomic E-state index is -0.542. The monoisotopic (exact) mass is 494 g/mol. The highest BCUT2D eigenvalue weighted by atomic mass is 35.5. The maximum absolute atomic E-state index is 13.7. The van der Waals surface area contributed by atoms with Crippen molar-refractivity contribution >= 4 is 45.8 Å². The number of carbonyl (C=O) groups excluding carboxylic acids is 1. The molecule has 0 aliphatic carbocycles. The molecule has 6 nitrogen and oxygen atoms in total. The summed E-state index contributed by atoms with van der Waals surface area (Å²) in [6.45, 7) is 3.87. The Bertz CT molecular complexity index is 1430. The molecule has 4 rings (SSSR count). The molecule has 0 aliphatic heterocycles. The van der Waals surface area contributed by atoms with Crippen molar-refractivity contribution < 1.29 is 4.79 Å². The first-order chi connectivity index (χ1) is 16.3. The van der Waals surface area contributed by atoms with E-state index in [1.807, 2.05) is 50.2 Å². The lowest BCUT2D eigenvalue weighted by molar-refractivity contribution is 0.205. The van der Waals surface area contributed by atoms with Crippen LogP contribution in [-0.2, 0) is 6.42 Å². The SMILES string of the molecule is CCc1ccccc1-n1c(C(C)N(C)C(=O)Nc2cccc(Cl)c2Cl)nc2ccccc2c1=O. The van der Waals surface area contributed by atoms with E-state index >= 15 is 0 Å². The van der Waals surface area contributed by atoms with Gasteiger partial charge in [0.2, 0.25) is 0 Å². The number of aryl methyl sites for hydroxylation is 1. The van der Waals surface area contributed by atoms with Gasteiger partial charge in [-0.25, -0.2) is 9.78 Å². The Kier molecular flexibility index (Phi) is 6.91. The van der Waals surface area contributed by atoms with Crippen LogP contribution in [0.1, 0.15) is 31.3 Å². The largest absolute Gasteiger partial charge is 0.322 e. The Morgan fingerprint density at radius 2 is 1.76 bits per heavy atom. The summed E-state index contributed by atoms with van der Waals surface area (Å²) in [5.41, 5.74) is 2.56. The second kappa shape index (κ2) is 9.87. The molecule has 174 valence electrons. The van der Waals surface area contributed by atoms with Gasteiger partial charge in [0, 0.05) is 7.05 Å². The lowest BCUT2D eigenvalue weighted by Crippen LogP contribution is -2.37. The fourth-order valence-corrected chi connectivity index (χ4v) is 4.19. The molecule has 0 saturated heterocycles. The van der Waals surface area contributed by atoms with Crippen LogP contribution in [0, 0.1) is 0 Å². The molecule has 1 atom stereocenters. The van der Waals surface area contributed by atoms with Crippen LogP contribution in [-0.4, -0.2) is 27.5 Å². The van der Waals surface area contributed by atoms with E-state index in [0.717, 1.165) is 17.7 Å². The lowest BCUT2D eigenvalue weighted by atomic mass is 10.1. The van der Waals surface area contributed by atoms with E-state index in [-0.39, 0.29) is 10.6 Å². The molecule has 3 aromatic carbocycles.